The highest BCUT2D eigenvalue weighted by Crippen LogP contribution is 2.32. The van der Waals surface area contributed by atoms with Crippen molar-refractivity contribution in [3.05, 3.63) is 35.8 Å². The lowest BCUT2D eigenvalue weighted by Gasteiger charge is -2.06. The van der Waals surface area contributed by atoms with E-state index in [1.807, 2.05) is 0 Å². The Morgan fingerprint density at radius 2 is 2.00 bits per heavy atom. The third-order valence-corrected chi connectivity index (χ3v) is 3.09. The Bertz CT molecular complexity index is 689. The van der Waals surface area contributed by atoms with Gasteiger partial charge in [0.05, 0.1) is 11.4 Å². The maximum Gasteiger partial charge on any atom is 0.435 e. The predicted octanol–water partition coefficient (Wildman–Crippen LogP) is 1.90. The summed E-state index contributed by atoms with van der Waals surface area (Å²) in [5.41, 5.74) is -1.44. The van der Waals surface area contributed by atoms with Crippen LogP contribution in [0.3, 0.4) is 0 Å². The quantitative estimate of drug-likeness (QED) is 0.843. The Kier molecular flexibility index (Phi) is 2.84. The molecular formula is C10H9F3N2O2S. The number of hydrogen-bond donors (Lipinski definition) is 0. The first-order valence-corrected chi connectivity index (χ1v) is 6.95. The van der Waals surface area contributed by atoms with Crippen LogP contribution in [-0.4, -0.2) is 24.1 Å². The summed E-state index contributed by atoms with van der Waals surface area (Å²) in [4.78, 5) is 3.44. The molecule has 18 heavy (non-hydrogen) atoms. The second-order valence-electron chi connectivity index (χ2n) is 3.90. The SMILES string of the molecule is CS(=O)(=O)Cc1c(C(F)(F)F)nc2ccccn12. The number of hydrogen-bond acceptors (Lipinski definition) is 3. The fourth-order valence-corrected chi connectivity index (χ4v) is 2.43. The number of halogens is 3. The van der Waals surface area contributed by atoms with E-state index in [4.69, 9.17) is 0 Å². The van der Waals surface area contributed by atoms with Crippen molar-refractivity contribution in [3.8, 4) is 0 Å². The average Bonchev–Trinajstić information content (AvgIpc) is 2.55. The summed E-state index contributed by atoms with van der Waals surface area (Å²) in [6.07, 6.45) is -2.43. The van der Waals surface area contributed by atoms with Gasteiger partial charge in [-0.2, -0.15) is 13.2 Å². The maximum absolute atomic E-state index is 12.8. The molecule has 0 saturated carbocycles. The second kappa shape index (κ2) is 3.98. The van der Waals surface area contributed by atoms with E-state index in [2.05, 4.69) is 4.98 Å². The average molecular weight is 278 g/mol. The third-order valence-electron chi connectivity index (χ3n) is 2.30. The lowest BCUT2D eigenvalue weighted by Crippen LogP contribution is -2.13. The molecule has 2 heterocycles. The molecule has 0 N–H and O–H groups in total. The van der Waals surface area contributed by atoms with Gasteiger partial charge < -0.3 is 4.40 Å². The third kappa shape index (κ3) is 2.47. The molecule has 0 radical (unpaired) electrons. The van der Waals surface area contributed by atoms with Crippen molar-refractivity contribution in [1.29, 1.82) is 0 Å². The standard InChI is InChI=1S/C10H9F3N2O2S/c1-18(16,17)6-7-9(10(11,12)13)14-8-4-2-3-5-15(7)8/h2-5H,6H2,1H3. The largest absolute Gasteiger partial charge is 0.435 e. The van der Waals surface area contributed by atoms with Crippen molar-refractivity contribution < 1.29 is 21.6 Å². The summed E-state index contributed by atoms with van der Waals surface area (Å²) in [6, 6.07) is 4.44. The van der Waals surface area contributed by atoms with E-state index in [0.717, 1.165) is 10.7 Å². The molecule has 98 valence electrons. The van der Waals surface area contributed by atoms with Crippen molar-refractivity contribution >= 4 is 15.5 Å². The summed E-state index contributed by atoms with van der Waals surface area (Å²) in [5, 5.41) is 0. The fraction of sp³-hybridized carbons (Fsp3) is 0.300. The van der Waals surface area contributed by atoms with Crippen LogP contribution in [0.5, 0.6) is 0 Å². The normalized spacial score (nSPS) is 13.1. The van der Waals surface area contributed by atoms with Crippen LogP contribution in [0.2, 0.25) is 0 Å². The van der Waals surface area contributed by atoms with Crippen LogP contribution in [0.25, 0.3) is 5.65 Å². The molecule has 0 aliphatic carbocycles. The zero-order valence-electron chi connectivity index (χ0n) is 9.27. The Balaban J connectivity index is 2.73. The van der Waals surface area contributed by atoms with Crippen molar-refractivity contribution in [3.63, 3.8) is 0 Å². The molecule has 0 aromatic carbocycles. The Labute approximate surface area is 101 Å². The van der Waals surface area contributed by atoms with Crippen molar-refractivity contribution in [2.24, 2.45) is 0 Å². The Hall–Kier alpha value is -1.57. The van der Waals surface area contributed by atoms with Crippen LogP contribution in [0.1, 0.15) is 11.4 Å². The van der Waals surface area contributed by atoms with Crippen molar-refractivity contribution in [2.75, 3.05) is 6.26 Å². The minimum atomic E-state index is -4.67. The highest BCUT2D eigenvalue weighted by atomic mass is 32.2. The summed E-state index contributed by atoms with van der Waals surface area (Å²) in [5.74, 6) is -0.701. The summed E-state index contributed by atoms with van der Waals surface area (Å²) < 4.78 is 61.9. The van der Waals surface area contributed by atoms with Gasteiger partial charge in [0.2, 0.25) is 0 Å². The minimum Gasteiger partial charge on any atom is -0.302 e. The molecule has 0 bridgehead atoms. The van der Waals surface area contributed by atoms with E-state index in [0.29, 0.717) is 0 Å². The number of nitrogens with zero attached hydrogens (tertiary/aromatic N) is 2. The molecule has 4 nitrogen and oxygen atoms in total. The number of aromatic nitrogens is 2. The highest BCUT2D eigenvalue weighted by molar-refractivity contribution is 7.89. The molecule has 0 amide bonds. The molecule has 8 heteroatoms. The molecule has 2 aromatic rings. The lowest BCUT2D eigenvalue weighted by molar-refractivity contribution is -0.141. The van der Waals surface area contributed by atoms with Crippen LogP contribution in [0.4, 0.5) is 13.2 Å². The molecule has 2 rings (SSSR count). The van der Waals surface area contributed by atoms with Crippen LogP contribution in [0.15, 0.2) is 24.4 Å². The van der Waals surface area contributed by atoms with E-state index in [1.54, 1.807) is 0 Å². The molecule has 0 aliphatic rings. The topological polar surface area (TPSA) is 51.4 Å². The van der Waals surface area contributed by atoms with Gasteiger partial charge in [0.15, 0.2) is 15.5 Å². The van der Waals surface area contributed by atoms with Gasteiger partial charge in [0, 0.05) is 12.5 Å². The molecule has 0 saturated heterocycles. The molecule has 2 aromatic heterocycles. The predicted molar refractivity (Wildman–Crippen MR) is 58.7 cm³/mol. The number of fused-ring (bicyclic) bond motifs is 1. The first kappa shape index (κ1) is 12.9. The zero-order chi connectivity index (χ0) is 13.6. The number of imidazole rings is 1. The first-order chi connectivity index (χ1) is 8.18. The highest BCUT2D eigenvalue weighted by Gasteiger charge is 2.38. The monoisotopic (exact) mass is 278 g/mol. The van der Waals surface area contributed by atoms with Gasteiger partial charge in [0.1, 0.15) is 5.65 Å². The van der Waals surface area contributed by atoms with E-state index in [-0.39, 0.29) is 11.3 Å². The van der Waals surface area contributed by atoms with Crippen molar-refractivity contribution in [1.82, 2.24) is 9.38 Å². The van der Waals surface area contributed by atoms with E-state index >= 15 is 0 Å². The van der Waals surface area contributed by atoms with Gasteiger partial charge in [-0.25, -0.2) is 13.4 Å². The number of sulfone groups is 1. The van der Waals surface area contributed by atoms with Gasteiger partial charge in [-0.3, -0.25) is 0 Å². The van der Waals surface area contributed by atoms with Crippen LogP contribution >= 0.6 is 0 Å². The van der Waals surface area contributed by atoms with E-state index in [9.17, 15) is 21.6 Å². The summed E-state index contributed by atoms with van der Waals surface area (Å²) >= 11 is 0. The van der Waals surface area contributed by atoms with Crippen molar-refractivity contribution in [2.45, 2.75) is 11.9 Å². The first-order valence-electron chi connectivity index (χ1n) is 4.89. The second-order valence-corrected chi connectivity index (χ2v) is 6.04. The van der Waals surface area contributed by atoms with Crippen LogP contribution in [0, 0.1) is 0 Å². The number of pyridine rings is 1. The van der Waals surface area contributed by atoms with Gasteiger partial charge in [0.25, 0.3) is 0 Å². The molecule has 0 spiro atoms. The van der Waals surface area contributed by atoms with E-state index in [1.165, 1.54) is 24.4 Å². The molecule has 0 unspecified atom stereocenters. The lowest BCUT2D eigenvalue weighted by atomic mass is 10.3. The van der Waals surface area contributed by atoms with Gasteiger partial charge >= 0.3 is 6.18 Å². The van der Waals surface area contributed by atoms with Gasteiger partial charge in [-0.15, -0.1) is 0 Å². The van der Waals surface area contributed by atoms with Crippen LogP contribution in [-0.2, 0) is 21.8 Å². The smallest absolute Gasteiger partial charge is 0.302 e. The molecule has 0 atom stereocenters. The van der Waals surface area contributed by atoms with E-state index < -0.39 is 27.5 Å². The Morgan fingerprint density at radius 1 is 1.33 bits per heavy atom. The number of alkyl halides is 3. The van der Waals surface area contributed by atoms with Gasteiger partial charge in [-0.1, -0.05) is 6.07 Å². The summed E-state index contributed by atoms with van der Waals surface area (Å²) in [7, 11) is -3.58. The minimum absolute atomic E-state index is 0.0727. The molecule has 0 fully saturated rings. The Morgan fingerprint density at radius 3 is 2.56 bits per heavy atom. The fourth-order valence-electron chi connectivity index (χ4n) is 1.66. The summed E-state index contributed by atoms with van der Waals surface area (Å²) in [6.45, 7) is 0. The van der Waals surface area contributed by atoms with Crippen LogP contribution < -0.4 is 0 Å². The molecular weight excluding hydrogens is 269 g/mol. The zero-order valence-corrected chi connectivity index (χ0v) is 10.1. The number of rotatable bonds is 2. The molecule has 0 aliphatic heterocycles. The van der Waals surface area contributed by atoms with Gasteiger partial charge in [-0.05, 0) is 12.1 Å². The maximum atomic E-state index is 12.8.